The Morgan fingerprint density at radius 2 is 2.00 bits per heavy atom. The number of hydrogen-bond acceptors (Lipinski definition) is 6. The average molecular weight is 300 g/mol. The van der Waals surface area contributed by atoms with Crippen molar-refractivity contribution >= 4 is 39.1 Å². The summed E-state index contributed by atoms with van der Waals surface area (Å²) in [6.45, 7) is 0. The predicted octanol–water partition coefficient (Wildman–Crippen LogP) is 3.70. The molecule has 0 bridgehead atoms. The minimum Gasteiger partial charge on any atom is -0.384 e. The van der Waals surface area contributed by atoms with E-state index in [9.17, 15) is 0 Å². The fourth-order valence-corrected chi connectivity index (χ4v) is 4.05. The first-order valence-electron chi connectivity index (χ1n) is 6.46. The Kier molecular flexibility index (Phi) is 2.85. The number of nitrogens with two attached hydrogens (primary N) is 1. The summed E-state index contributed by atoms with van der Waals surface area (Å²) in [6.07, 6.45) is 2.35. The van der Waals surface area contributed by atoms with Crippen LogP contribution in [0, 0.1) is 0 Å². The van der Waals surface area contributed by atoms with Crippen molar-refractivity contribution in [2.24, 2.45) is 0 Å². The van der Waals surface area contributed by atoms with Crippen molar-refractivity contribution in [3.8, 4) is 0 Å². The Bertz CT molecular complexity index is 747. The van der Waals surface area contributed by atoms with Crippen molar-refractivity contribution in [2.75, 3.05) is 5.73 Å². The number of anilines is 1. The third kappa shape index (κ3) is 2.36. The number of fused-ring (bicyclic) bond motifs is 1. The molecule has 2 heterocycles. The van der Waals surface area contributed by atoms with Crippen molar-refractivity contribution in [1.29, 1.82) is 0 Å². The molecule has 3 aromatic rings. The van der Waals surface area contributed by atoms with Gasteiger partial charge in [0.1, 0.15) is 16.7 Å². The van der Waals surface area contributed by atoms with Gasteiger partial charge in [0.2, 0.25) is 0 Å². The molecule has 0 unspecified atom stereocenters. The lowest BCUT2D eigenvalue weighted by atomic mass is 10.3. The summed E-state index contributed by atoms with van der Waals surface area (Å²) in [7, 11) is 0. The number of benzene rings is 1. The van der Waals surface area contributed by atoms with E-state index in [1.165, 1.54) is 17.5 Å². The van der Waals surface area contributed by atoms with Gasteiger partial charge in [-0.05, 0) is 36.7 Å². The van der Waals surface area contributed by atoms with E-state index in [4.69, 9.17) is 5.73 Å². The summed E-state index contributed by atoms with van der Waals surface area (Å²) in [5, 5.41) is 0.887. The molecule has 0 saturated heterocycles. The van der Waals surface area contributed by atoms with Crippen molar-refractivity contribution < 1.29 is 0 Å². The molecule has 0 spiro atoms. The molecule has 0 radical (unpaired) electrons. The summed E-state index contributed by atoms with van der Waals surface area (Å²) in [6, 6.07) is 9.97. The zero-order valence-electron chi connectivity index (χ0n) is 10.6. The number of nitrogens with zero attached hydrogens (tertiary/aromatic N) is 3. The summed E-state index contributed by atoms with van der Waals surface area (Å²) in [5.74, 6) is 1.94. The first kappa shape index (κ1) is 12.1. The van der Waals surface area contributed by atoms with Crippen LogP contribution in [0.2, 0.25) is 0 Å². The van der Waals surface area contributed by atoms with Crippen LogP contribution in [0.3, 0.4) is 0 Å². The molecule has 1 saturated carbocycles. The molecule has 6 heteroatoms. The Hall–Kier alpha value is -1.66. The topological polar surface area (TPSA) is 64.7 Å². The SMILES string of the molecule is Nc1cc(Sc2nc3ccccc3s2)nc(C2CC2)n1. The van der Waals surface area contributed by atoms with Gasteiger partial charge in [-0.1, -0.05) is 12.1 Å². The number of para-hydroxylation sites is 1. The minimum absolute atomic E-state index is 0.508. The van der Waals surface area contributed by atoms with Crippen LogP contribution in [-0.2, 0) is 0 Å². The lowest BCUT2D eigenvalue weighted by molar-refractivity contribution is 0.883. The third-order valence-corrected chi connectivity index (χ3v) is 5.16. The second-order valence-electron chi connectivity index (χ2n) is 4.81. The monoisotopic (exact) mass is 300 g/mol. The fourth-order valence-electron chi connectivity index (χ4n) is 2.02. The molecule has 20 heavy (non-hydrogen) atoms. The molecule has 2 aromatic heterocycles. The van der Waals surface area contributed by atoms with Crippen LogP contribution in [0.25, 0.3) is 10.2 Å². The largest absolute Gasteiger partial charge is 0.384 e. The first-order chi connectivity index (χ1) is 9.78. The maximum atomic E-state index is 5.87. The van der Waals surface area contributed by atoms with Gasteiger partial charge in [-0.25, -0.2) is 15.0 Å². The Balaban J connectivity index is 1.67. The van der Waals surface area contributed by atoms with E-state index in [0.29, 0.717) is 11.7 Å². The maximum absolute atomic E-state index is 5.87. The van der Waals surface area contributed by atoms with Crippen LogP contribution in [0.1, 0.15) is 24.6 Å². The van der Waals surface area contributed by atoms with Gasteiger partial charge in [0, 0.05) is 12.0 Å². The lowest BCUT2D eigenvalue weighted by Crippen LogP contribution is -1.99. The van der Waals surface area contributed by atoms with Crippen LogP contribution in [0.4, 0.5) is 5.82 Å². The molecule has 4 rings (SSSR count). The highest BCUT2D eigenvalue weighted by Gasteiger charge is 2.27. The third-order valence-electron chi connectivity index (χ3n) is 3.15. The van der Waals surface area contributed by atoms with Gasteiger partial charge >= 0.3 is 0 Å². The van der Waals surface area contributed by atoms with E-state index in [-0.39, 0.29) is 0 Å². The van der Waals surface area contributed by atoms with Gasteiger partial charge < -0.3 is 5.73 Å². The molecule has 0 atom stereocenters. The van der Waals surface area contributed by atoms with Crippen molar-refractivity contribution in [2.45, 2.75) is 28.1 Å². The highest BCUT2D eigenvalue weighted by molar-refractivity contribution is 8.01. The Labute approximate surface area is 124 Å². The Morgan fingerprint density at radius 1 is 1.15 bits per heavy atom. The summed E-state index contributed by atoms with van der Waals surface area (Å²) in [4.78, 5) is 13.5. The molecule has 4 nitrogen and oxygen atoms in total. The molecule has 2 N–H and O–H groups in total. The van der Waals surface area contributed by atoms with E-state index in [2.05, 4.69) is 21.0 Å². The van der Waals surface area contributed by atoms with Crippen LogP contribution in [0.5, 0.6) is 0 Å². The van der Waals surface area contributed by atoms with Crippen LogP contribution >= 0.6 is 23.1 Å². The van der Waals surface area contributed by atoms with Crippen molar-refractivity contribution in [3.05, 3.63) is 36.2 Å². The summed E-state index contributed by atoms with van der Waals surface area (Å²) in [5.41, 5.74) is 6.90. The number of aromatic nitrogens is 3. The van der Waals surface area contributed by atoms with Crippen molar-refractivity contribution in [1.82, 2.24) is 15.0 Å². The number of hydrogen-bond donors (Lipinski definition) is 1. The lowest BCUT2D eigenvalue weighted by Gasteiger charge is -2.02. The fraction of sp³-hybridized carbons (Fsp3) is 0.214. The first-order valence-corrected chi connectivity index (χ1v) is 8.09. The maximum Gasteiger partial charge on any atom is 0.157 e. The molecule has 1 aliphatic carbocycles. The smallest absolute Gasteiger partial charge is 0.157 e. The van der Waals surface area contributed by atoms with Gasteiger partial charge in [-0.3, -0.25) is 0 Å². The van der Waals surface area contributed by atoms with Gasteiger partial charge in [0.25, 0.3) is 0 Å². The average Bonchev–Trinajstić information content (AvgIpc) is 3.19. The van der Waals surface area contributed by atoms with Gasteiger partial charge in [-0.2, -0.15) is 0 Å². The van der Waals surface area contributed by atoms with E-state index in [0.717, 1.165) is 20.7 Å². The van der Waals surface area contributed by atoms with Gasteiger partial charge in [-0.15, -0.1) is 11.3 Å². The van der Waals surface area contributed by atoms with E-state index in [1.54, 1.807) is 23.1 Å². The van der Waals surface area contributed by atoms with Gasteiger partial charge in [0.15, 0.2) is 4.34 Å². The molecular formula is C14H12N4S2. The highest BCUT2D eigenvalue weighted by atomic mass is 32.2. The van der Waals surface area contributed by atoms with E-state index in [1.807, 2.05) is 24.3 Å². The zero-order chi connectivity index (χ0) is 13.5. The van der Waals surface area contributed by atoms with Crippen LogP contribution < -0.4 is 5.73 Å². The molecule has 0 amide bonds. The molecular weight excluding hydrogens is 288 g/mol. The molecule has 0 aliphatic heterocycles. The quantitative estimate of drug-likeness (QED) is 0.747. The van der Waals surface area contributed by atoms with Crippen molar-refractivity contribution in [3.63, 3.8) is 0 Å². The molecule has 100 valence electrons. The van der Waals surface area contributed by atoms with E-state index >= 15 is 0 Å². The second kappa shape index (κ2) is 4.71. The number of thiazole rings is 1. The molecule has 1 aliphatic rings. The summed E-state index contributed by atoms with van der Waals surface area (Å²) >= 11 is 3.24. The second-order valence-corrected chi connectivity index (χ2v) is 7.11. The standard InChI is InChI=1S/C14H12N4S2/c15-11-7-12(18-13(17-11)8-5-6-8)20-14-16-9-3-1-2-4-10(9)19-14/h1-4,7-8H,5-6H2,(H2,15,17,18). The molecule has 1 aromatic carbocycles. The predicted molar refractivity (Wildman–Crippen MR) is 82.2 cm³/mol. The zero-order valence-corrected chi connectivity index (χ0v) is 12.2. The normalized spacial score (nSPS) is 14.8. The van der Waals surface area contributed by atoms with Crippen LogP contribution in [0.15, 0.2) is 39.7 Å². The highest BCUT2D eigenvalue weighted by Crippen LogP contribution is 2.40. The number of nitrogen functional groups attached to an aromatic ring is 1. The molecule has 1 fully saturated rings. The van der Waals surface area contributed by atoms with Gasteiger partial charge in [0.05, 0.1) is 10.2 Å². The van der Waals surface area contributed by atoms with Crippen LogP contribution in [-0.4, -0.2) is 15.0 Å². The minimum atomic E-state index is 0.508. The number of rotatable bonds is 3. The summed E-state index contributed by atoms with van der Waals surface area (Å²) < 4.78 is 2.19. The van der Waals surface area contributed by atoms with E-state index < -0.39 is 0 Å². The Morgan fingerprint density at radius 3 is 2.80 bits per heavy atom.